The quantitative estimate of drug-likeness (QED) is 0.733. The Morgan fingerprint density at radius 3 is 2.00 bits per heavy atom. The first kappa shape index (κ1) is 11.2. The van der Waals surface area contributed by atoms with E-state index in [0.29, 0.717) is 5.56 Å². The summed E-state index contributed by atoms with van der Waals surface area (Å²) in [4.78, 5) is 21.8. The van der Waals surface area contributed by atoms with Gasteiger partial charge in [0.15, 0.2) is 5.41 Å². The third kappa shape index (κ3) is 2.34. The van der Waals surface area contributed by atoms with E-state index in [1.165, 1.54) is 6.92 Å². The SMILES string of the molecule is CC(Cc1ccccc1)(C(=O)O)C(=O)O. The molecule has 15 heavy (non-hydrogen) atoms. The van der Waals surface area contributed by atoms with Crippen molar-refractivity contribution in [2.24, 2.45) is 5.41 Å². The number of carboxylic acids is 2. The Bertz CT molecular complexity index is 355. The zero-order valence-electron chi connectivity index (χ0n) is 8.30. The second kappa shape index (κ2) is 4.13. The number of hydrogen-bond donors (Lipinski definition) is 2. The van der Waals surface area contributed by atoms with E-state index in [-0.39, 0.29) is 6.42 Å². The van der Waals surface area contributed by atoms with Crippen LogP contribution in [0.25, 0.3) is 0 Å². The lowest BCUT2D eigenvalue weighted by molar-refractivity contribution is -0.163. The Hall–Kier alpha value is -1.84. The number of carboxylic acid groups (broad SMARTS) is 2. The maximum absolute atomic E-state index is 10.9. The number of benzene rings is 1. The third-order valence-corrected chi connectivity index (χ3v) is 2.34. The topological polar surface area (TPSA) is 74.6 Å². The summed E-state index contributed by atoms with van der Waals surface area (Å²) < 4.78 is 0. The molecule has 0 spiro atoms. The average molecular weight is 208 g/mol. The Kier molecular flexibility index (Phi) is 3.09. The van der Waals surface area contributed by atoms with Gasteiger partial charge in [0, 0.05) is 0 Å². The van der Waals surface area contributed by atoms with Gasteiger partial charge in [-0.15, -0.1) is 0 Å². The molecule has 1 rings (SSSR count). The van der Waals surface area contributed by atoms with Crippen LogP contribution in [-0.2, 0) is 16.0 Å². The summed E-state index contributed by atoms with van der Waals surface area (Å²) in [7, 11) is 0. The highest BCUT2D eigenvalue weighted by Crippen LogP contribution is 2.23. The average Bonchev–Trinajstić information content (AvgIpc) is 2.18. The highest BCUT2D eigenvalue weighted by molar-refractivity contribution is 5.98. The zero-order valence-corrected chi connectivity index (χ0v) is 8.30. The minimum Gasteiger partial charge on any atom is -0.480 e. The smallest absolute Gasteiger partial charge is 0.321 e. The number of rotatable bonds is 4. The highest BCUT2D eigenvalue weighted by atomic mass is 16.4. The van der Waals surface area contributed by atoms with Crippen molar-refractivity contribution in [3.05, 3.63) is 35.9 Å². The first-order valence-corrected chi connectivity index (χ1v) is 4.47. The van der Waals surface area contributed by atoms with Crippen LogP contribution in [0, 0.1) is 5.41 Å². The molecule has 1 aromatic carbocycles. The molecule has 80 valence electrons. The van der Waals surface area contributed by atoms with E-state index < -0.39 is 17.4 Å². The summed E-state index contributed by atoms with van der Waals surface area (Å²) in [5.74, 6) is -2.64. The van der Waals surface area contributed by atoms with E-state index in [1.807, 2.05) is 0 Å². The summed E-state index contributed by atoms with van der Waals surface area (Å²) in [5, 5.41) is 17.8. The predicted molar refractivity (Wildman–Crippen MR) is 53.5 cm³/mol. The van der Waals surface area contributed by atoms with Crippen LogP contribution in [0.3, 0.4) is 0 Å². The molecule has 0 amide bonds. The van der Waals surface area contributed by atoms with Gasteiger partial charge in [0.05, 0.1) is 0 Å². The number of carbonyl (C=O) groups is 2. The van der Waals surface area contributed by atoms with Crippen molar-refractivity contribution in [1.82, 2.24) is 0 Å². The molecule has 0 unspecified atom stereocenters. The van der Waals surface area contributed by atoms with Crippen molar-refractivity contribution >= 4 is 11.9 Å². The fourth-order valence-corrected chi connectivity index (χ4v) is 1.25. The highest BCUT2D eigenvalue weighted by Gasteiger charge is 2.41. The Morgan fingerprint density at radius 2 is 1.60 bits per heavy atom. The molecule has 0 atom stereocenters. The predicted octanol–water partition coefficient (Wildman–Crippen LogP) is 1.40. The van der Waals surface area contributed by atoms with Gasteiger partial charge < -0.3 is 10.2 Å². The number of hydrogen-bond acceptors (Lipinski definition) is 2. The molecule has 0 aromatic heterocycles. The molecule has 1 aromatic rings. The van der Waals surface area contributed by atoms with Gasteiger partial charge in [-0.05, 0) is 18.9 Å². The Balaban J connectivity index is 2.95. The molecule has 0 aliphatic carbocycles. The molecular formula is C11H12O4. The molecule has 0 aliphatic rings. The fourth-order valence-electron chi connectivity index (χ4n) is 1.25. The van der Waals surface area contributed by atoms with Gasteiger partial charge in [-0.1, -0.05) is 30.3 Å². The second-order valence-corrected chi connectivity index (χ2v) is 3.60. The van der Waals surface area contributed by atoms with Crippen molar-refractivity contribution in [3.8, 4) is 0 Å². The minimum atomic E-state index is -1.76. The lowest BCUT2D eigenvalue weighted by atomic mass is 9.84. The molecule has 0 radical (unpaired) electrons. The second-order valence-electron chi connectivity index (χ2n) is 3.60. The third-order valence-electron chi connectivity index (χ3n) is 2.34. The van der Waals surface area contributed by atoms with E-state index in [0.717, 1.165) is 0 Å². The van der Waals surface area contributed by atoms with Crippen LogP contribution in [0.5, 0.6) is 0 Å². The molecule has 2 N–H and O–H groups in total. The van der Waals surface area contributed by atoms with Gasteiger partial charge in [0.2, 0.25) is 0 Å². The molecule has 0 heterocycles. The summed E-state index contributed by atoms with van der Waals surface area (Å²) in [6, 6.07) is 8.72. The van der Waals surface area contributed by atoms with E-state index in [2.05, 4.69) is 0 Å². The molecule has 0 fully saturated rings. The van der Waals surface area contributed by atoms with Crippen LogP contribution < -0.4 is 0 Å². The van der Waals surface area contributed by atoms with E-state index >= 15 is 0 Å². The Labute approximate surface area is 87.2 Å². The maximum atomic E-state index is 10.9. The van der Waals surface area contributed by atoms with E-state index in [1.54, 1.807) is 30.3 Å². The van der Waals surface area contributed by atoms with Crippen LogP contribution >= 0.6 is 0 Å². The fraction of sp³-hybridized carbons (Fsp3) is 0.273. The first-order valence-electron chi connectivity index (χ1n) is 4.47. The lowest BCUT2D eigenvalue weighted by Gasteiger charge is -2.19. The monoisotopic (exact) mass is 208 g/mol. The van der Waals surface area contributed by atoms with E-state index in [9.17, 15) is 9.59 Å². The molecular weight excluding hydrogens is 196 g/mol. The zero-order chi connectivity index (χ0) is 11.5. The van der Waals surface area contributed by atoms with Gasteiger partial charge in [-0.2, -0.15) is 0 Å². The standard InChI is InChI=1S/C11H12O4/c1-11(9(12)13,10(14)15)7-8-5-3-2-4-6-8/h2-6H,7H2,1H3,(H,12,13)(H,14,15). The van der Waals surface area contributed by atoms with Gasteiger partial charge in [-0.25, -0.2) is 0 Å². The van der Waals surface area contributed by atoms with Crippen molar-refractivity contribution in [2.45, 2.75) is 13.3 Å². The summed E-state index contributed by atoms with van der Waals surface area (Å²) in [6.07, 6.45) is -0.0154. The normalized spacial score (nSPS) is 11.0. The summed E-state index contributed by atoms with van der Waals surface area (Å²) >= 11 is 0. The maximum Gasteiger partial charge on any atom is 0.321 e. The number of aliphatic carboxylic acids is 2. The van der Waals surface area contributed by atoms with Gasteiger partial charge in [0.25, 0.3) is 0 Å². The largest absolute Gasteiger partial charge is 0.480 e. The first-order chi connectivity index (χ1) is 6.97. The van der Waals surface area contributed by atoms with Gasteiger partial charge in [0.1, 0.15) is 0 Å². The molecule has 0 aliphatic heterocycles. The van der Waals surface area contributed by atoms with Crippen LogP contribution in [0.2, 0.25) is 0 Å². The molecule has 0 saturated carbocycles. The Morgan fingerprint density at radius 1 is 1.13 bits per heavy atom. The van der Waals surface area contributed by atoms with Gasteiger partial charge >= 0.3 is 11.9 Å². The summed E-state index contributed by atoms with van der Waals surface area (Å²) in [6.45, 7) is 1.21. The minimum absolute atomic E-state index is 0.0154. The molecule has 4 heteroatoms. The van der Waals surface area contributed by atoms with Crippen molar-refractivity contribution in [3.63, 3.8) is 0 Å². The molecule has 0 bridgehead atoms. The van der Waals surface area contributed by atoms with Crippen molar-refractivity contribution in [1.29, 1.82) is 0 Å². The lowest BCUT2D eigenvalue weighted by Crippen LogP contribution is -2.38. The van der Waals surface area contributed by atoms with E-state index in [4.69, 9.17) is 10.2 Å². The molecule has 0 saturated heterocycles. The van der Waals surface area contributed by atoms with Gasteiger partial charge in [-0.3, -0.25) is 9.59 Å². The van der Waals surface area contributed by atoms with Crippen LogP contribution in [0.1, 0.15) is 12.5 Å². The molecule has 4 nitrogen and oxygen atoms in total. The van der Waals surface area contributed by atoms with Crippen molar-refractivity contribution in [2.75, 3.05) is 0 Å². The van der Waals surface area contributed by atoms with Crippen LogP contribution in [-0.4, -0.2) is 22.2 Å². The van der Waals surface area contributed by atoms with Crippen LogP contribution in [0.15, 0.2) is 30.3 Å². The van der Waals surface area contributed by atoms with Crippen LogP contribution in [0.4, 0.5) is 0 Å². The summed E-state index contributed by atoms with van der Waals surface area (Å²) in [5.41, 5.74) is -1.06. The van der Waals surface area contributed by atoms with Crippen molar-refractivity contribution < 1.29 is 19.8 Å².